The second-order valence-corrected chi connectivity index (χ2v) is 7.19. The van der Waals surface area contributed by atoms with Crippen LogP contribution >= 0.6 is 0 Å². The fraction of sp³-hybridized carbons (Fsp3) is 0.571. The lowest BCUT2D eigenvalue weighted by molar-refractivity contribution is 0.235. The number of nitrogens with zero attached hydrogens (tertiary/aromatic N) is 1. The number of nitrogens with two attached hydrogens (primary N) is 1. The first kappa shape index (κ1) is 16.1. The normalized spacial score (nSPS) is 12.9. The fourth-order valence-corrected chi connectivity index (χ4v) is 4.13. The highest BCUT2D eigenvalue weighted by atomic mass is 32.2. The van der Waals surface area contributed by atoms with Gasteiger partial charge in [0.05, 0.1) is 4.90 Å². The molecule has 1 aromatic carbocycles. The van der Waals surface area contributed by atoms with Crippen LogP contribution in [0, 0.1) is 6.92 Å². The van der Waals surface area contributed by atoms with E-state index in [1.807, 2.05) is 39.8 Å². The Balaban J connectivity index is 3.33. The van der Waals surface area contributed by atoms with Crippen molar-refractivity contribution in [1.82, 2.24) is 4.31 Å². The Labute approximate surface area is 116 Å². The van der Waals surface area contributed by atoms with Crippen LogP contribution in [-0.2, 0) is 10.0 Å². The van der Waals surface area contributed by atoms with E-state index < -0.39 is 15.6 Å². The lowest BCUT2D eigenvalue weighted by atomic mass is 10.1. The van der Waals surface area contributed by atoms with Crippen LogP contribution < -0.4 is 5.73 Å². The van der Waals surface area contributed by atoms with Gasteiger partial charge in [0, 0.05) is 18.6 Å². The van der Waals surface area contributed by atoms with Gasteiger partial charge in [0.25, 0.3) is 0 Å². The molecule has 19 heavy (non-hydrogen) atoms. The summed E-state index contributed by atoms with van der Waals surface area (Å²) in [5.41, 5.74) is 5.92. The smallest absolute Gasteiger partial charge is 0.243 e. The first-order valence-corrected chi connectivity index (χ1v) is 8.00. The molecular formula is C14H24N2O2S. The summed E-state index contributed by atoms with van der Waals surface area (Å²) in [5.74, 6) is 0. The first-order valence-electron chi connectivity index (χ1n) is 6.56. The number of benzene rings is 1. The van der Waals surface area contributed by atoms with Crippen molar-refractivity contribution in [3.05, 3.63) is 29.8 Å². The van der Waals surface area contributed by atoms with E-state index in [-0.39, 0.29) is 6.54 Å². The van der Waals surface area contributed by atoms with Crippen LogP contribution in [0.3, 0.4) is 0 Å². The Morgan fingerprint density at radius 1 is 1.26 bits per heavy atom. The van der Waals surface area contributed by atoms with Gasteiger partial charge in [-0.3, -0.25) is 0 Å². The molecule has 2 N–H and O–H groups in total. The summed E-state index contributed by atoms with van der Waals surface area (Å²) in [5, 5.41) is 0. The average molecular weight is 284 g/mol. The van der Waals surface area contributed by atoms with E-state index >= 15 is 0 Å². The zero-order chi connectivity index (χ0) is 14.7. The molecule has 0 aromatic heterocycles. The van der Waals surface area contributed by atoms with Gasteiger partial charge in [-0.2, -0.15) is 4.31 Å². The molecule has 1 aromatic rings. The largest absolute Gasteiger partial charge is 0.329 e. The Kier molecular flexibility index (Phi) is 5.12. The fourth-order valence-electron chi connectivity index (χ4n) is 2.02. The highest BCUT2D eigenvalue weighted by Gasteiger charge is 2.36. The lowest BCUT2D eigenvalue weighted by Gasteiger charge is -2.36. The van der Waals surface area contributed by atoms with Crippen LogP contribution in [-0.4, -0.2) is 31.4 Å². The van der Waals surface area contributed by atoms with E-state index in [1.54, 1.807) is 12.1 Å². The monoisotopic (exact) mass is 284 g/mol. The van der Waals surface area contributed by atoms with Gasteiger partial charge in [-0.15, -0.1) is 0 Å². The lowest BCUT2D eigenvalue weighted by Crippen LogP contribution is -2.52. The quantitative estimate of drug-likeness (QED) is 0.870. The maximum absolute atomic E-state index is 12.8. The van der Waals surface area contributed by atoms with E-state index in [0.717, 1.165) is 12.0 Å². The van der Waals surface area contributed by atoms with Gasteiger partial charge in [0.2, 0.25) is 10.0 Å². The second kappa shape index (κ2) is 6.03. The minimum Gasteiger partial charge on any atom is -0.329 e. The first-order chi connectivity index (χ1) is 8.77. The molecule has 0 spiro atoms. The maximum atomic E-state index is 12.8. The summed E-state index contributed by atoms with van der Waals surface area (Å²) >= 11 is 0. The Hall–Kier alpha value is -0.910. The van der Waals surface area contributed by atoms with E-state index in [1.165, 1.54) is 4.31 Å². The molecule has 0 radical (unpaired) electrons. The van der Waals surface area contributed by atoms with Gasteiger partial charge in [-0.25, -0.2) is 8.42 Å². The topological polar surface area (TPSA) is 63.4 Å². The number of hydrogen-bond acceptors (Lipinski definition) is 3. The van der Waals surface area contributed by atoms with Crippen molar-refractivity contribution < 1.29 is 8.42 Å². The zero-order valence-electron chi connectivity index (χ0n) is 12.2. The molecule has 0 bridgehead atoms. The Morgan fingerprint density at radius 2 is 1.84 bits per heavy atom. The molecular weight excluding hydrogens is 260 g/mol. The number of hydrogen-bond donors (Lipinski definition) is 1. The van der Waals surface area contributed by atoms with Crippen LogP contribution in [0.2, 0.25) is 0 Å². The van der Waals surface area contributed by atoms with Crippen molar-refractivity contribution in [3.8, 4) is 0 Å². The summed E-state index contributed by atoms with van der Waals surface area (Å²) < 4.78 is 27.2. The van der Waals surface area contributed by atoms with Gasteiger partial charge in [-0.1, -0.05) is 25.1 Å². The highest BCUT2D eigenvalue weighted by Crippen LogP contribution is 2.26. The summed E-state index contributed by atoms with van der Waals surface area (Å²) in [6, 6.07) is 7.05. The summed E-state index contributed by atoms with van der Waals surface area (Å²) in [6.07, 6.45) is 0.758. The molecule has 0 aliphatic carbocycles. The van der Waals surface area contributed by atoms with Crippen molar-refractivity contribution in [3.63, 3.8) is 0 Å². The predicted molar refractivity (Wildman–Crippen MR) is 78.5 cm³/mol. The summed E-state index contributed by atoms with van der Waals surface area (Å²) in [7, 11) is -3.51. The second-order valence-electron chi connectivity index (χ2n) is 5.36. The molecule has 0 aliphatic heterocycles. The third-order valence-electron chi connectivity index (χ3n) is 3.26. The van der Waals surface area contributed by atoms with Crippen LogP contribution in [0.5, 0.6) is 0 Å². The van der Waals surface area contributed by atoms with Crippen molar-refractivity contribution in [2.45, 2.75) is 44.6 Å². The van der Waals surface area contributed by atoms with Gasteiger partial charge < -0.3 is 5.73 Å². The van der Waals surface area contributed by atoms with Crippen molar-refractivity contribution in [2.24, 2.45) is 5.73 Å². The Bertz CT molecular complexity index is 524. The highest BCUT2D eigenvalue weighted by molar-refractivity contribution is 7.89. The standard InChI is InChI=1S/C14H24N2O2S/c1-5-10-16(14(3,4)11-15)19(17,18)13-9-7-6-8-12(13)2/h6-9H,5,10-11,15H2,1-4H3. The third-order valence-corrected chi connectivity index (χ3v) is 5.53. The minimum absolute atomic E-state index is 0.290. The summed E-state index contributed by atoms with van der Waals surface area (Å²) in [4.78, 5) is 0.366. The zero-order valence-corrected chi connectivity index (χ0v) is 13.0. The molecule has 4 nitrogen and oxygen atoms in total. The molecule has 5 heteroatoms. The molecule has 108 valence electrons. The van der Waals surface area contributed by atoms with Crippen molar-refractivity contribution in [1.29, 1.82) is 0 Å². The van der Waals surface area contributed by atoms with Gasteiger partial charge in [0.1, 0.15) is 0 Å². The van der Waals surface area contributed by atoms with E-state index in [0.29, 0.717) is 11.4 Å². The van der Waals surface area contributed by atoms with Crippen LogP contribution in [0.4, 0.5) is 0 Å². The van der Waals surface area contributed by atoms with E-state index in [9.17, 15) is 8.42 Å². The molecule has 0 fully saturated rings. The molecule has 0 saturated heterocycles. The third kappa shape index (κ3) is 3.35. The molecule has 0 saturated carbocycles. The molecule has 0 amide bonds. The average Bonchev–Trinajstić information content (AvgIpc) is 2.35. The number of rotatable bonds is 6. The van der Waals surface area contributed by atoms with Crippen molar-refractivity contribution >= 4 is 10.0 Å². The molecule has 0 unspecified atom stereocenters. The van der Waals surface area contributed by atoms with E-state index in [2.05, 4.69) is 0 Å². The number of sulfonamides is 1. The van der Waals surface area contributed by atoms with Gasteiger partial charge in [0.15, 0.2) is 0 Å². The van der Waals surface area contributed by atoms with Gasteiger partial charge in [-0.05, 0) is 38.8 Å². The number of aryl methyl sites for hydroxylation is 1. The maximum Gasteiger partial charge on any atom is 0.243 e. The predicted octanol–water partition coefficient (Wildman–Crippen LogP) is 2.13. The molecule has 0 atom stereocenters. The summed E-state index contributed by atoms with van der Waals surface area (Å²) in [6.45, 7) is 8.26. The SMILES string of the molecule is CCCN(C(C)(C)CN)S(=O)(=O)c1ccccc1C. The van der Waals surface area contributed by atoms with Crippen LogP contribution in [0.25, 0.3) is 0 Å². The Morgan fingerprint density at radius 3 is 2.32 bits per heavy atom. The van der Waals surface area contributed by atoms with E-state index in [4.69, 9.17) is 5.73 Å². The molecule has 0 heterocycles. The molecule has 0 aliphatic rings. The van der Waals surface area contributed by atoms with Crippen LogP contribution in [0.15, 0.2) is 29.2 Å². The molecule has 1 rings (SSSR count). The van der Waals surface area contributed by atoms with Gasteiger partial charge >= 0.3 is 0 Å². The van der Waals surface area contributed by atoms with Crippen molar-refractivity contribution in [2.75, 3.05) is 13.1 Å². The van der Waals surface area contributed by atoms with Crippen LogP contribution in [0.1, 0.15) is 32.8 Å². The minimum atomic E-state index is -3.51.